The molecular weight excluding hydrogens is 349 g/mol. The number of piperazine rings is 1. The predicted molar refractivity (Wildman–Crippen MR) is 98.9 cm³/mol. The van der Waals surface area contributed by atoms with Crippen LogP contribution in [0.1, 0.15) is 0 Å². The van der Waals surface area contributed by atoms with Crippen molar-refractivity contribution in [2.75, 3.05) is 49.7 Å². The maximum Gasteiger partial charge on any atom is 0.169 e. The van der Waals surface area contributed by atoms with Crippen LogP contribution in [0, 0.1) is 0 Å². The average molecular weight is 368 g/mol. The molecular formula is C15H19Cl2N7. The summed E-state index contributed by atoms with van der Waals surface area (Å²) in [4.78, 5) is 10.7. The van der Waals surface area contributed by atoms with Crippen molar-refractivity contribution < 1.29 is 0 Å². The van der Waals surface area contributed by atoms with E-state index >= 15 is 0 Å². The highest BCUT2D eigenvalue weighted by molar-refractivity contribution is 6.42. The zero-order chi connectivity index (χ0) is 17.1. The first-order chi connectivity index (χ1) is 11.5. The maximum atomic E-state index is 6.20. The third kappa shape index (κ3) is 3.99. The molecule has 2 heterocycles. The Bertz CT molecular complexity index is 717. The van der Waals surface area contributed by atoms with Crippen LogP contribution in [0.2, 0.25) is 10.0 Å². The Morgan fingerprint density at radius 3 is 2.46 bits per heavy atom. The van der Waals surface area contributed by atoms with Crippen molar-refractivity contribution in [3.8, 4) is 0 Å². The SMILES string of the molecule is CN1CCN(Nc2ncnc(Nc3ccc(Cl)c(Cl)c3)c2N)CC1. The van der Waals surface area contributed by atoms with Gasteiger partial charge in [0, 0.05) is 31.9 Å². The van der Waals surface area contributed by atoms with Gasteiger partial charge in [-0.3, -0.25) is 0 Å². The summed E-state index contributed by atoms with van der Waals surface area (Å²) in [6, 6.07) is 5.25. The van der Waals surface area contributed by atoms with Crippen LogP contribution in [0.25, 0.3) is 0 Å². The van der Waals surface area contributed by atoms with E-state index in [-0.39, 0.29) is 0 Å². The van der Waals surface area contributed by atoms with E-state index in [0.717, 1.165) is 31.9 Å². The molecule has 0 bridgehead atoms. The highest BCUT2D eigenvalue weighted by Gasteiger charge is 2.16. The molecule has 1 aliphatic heterocycles. The Labute approximate surface area is 150 Å². The van der Waals surface area contributed by atoms with Crippen LogP contribution in [-0.2, 0) is 0 Å². The van der Waals surface area contributed by atoms with Gasteiger partial charge in [0.05, 0.1) is 10.0 Å². The van der Waals surface area contributed by atoms with Crippen molar-refractivity contribution in [2.45, 2.75) is 0 Å². The summed E-state index contributed by atoms with van der Waals surface area (Å²) in [5, 5.41) is 6.20. The van der Waals surface area contributed by atoms with Gasteiger partial charge in [0.2, 0.25) is 0 Å². The lowest BCUT2D eigenvalue weighted by molar-refractivity contribution is 0.178. The highest BCUT2D eigenvalue weighted by atomic mass is 35.5. The zero-order valence-corrected chi connectivity index (χ0v) is 14.8. The van der Waals surface area contributed by atoms with Gasteiger partial charge in [-0.25, -0.2) is 15.0 Å². The van der Waals surface area contributed by atoms with Gasteiger partial charge in [-0.2, -0.15) is 0 Å². The quantitative estimate of drug-likeness (QED) is 0.765. The van der Waals surface area contributed by atoms with E-state index in [1.807, 2.05) is 6.07 Å². The smallest absolute Gasteiger partial charge is 0.169 e. The van der Waals surface area contributed by atoms with Crippen LogP contribution in [0.3, 0.4) is 0 Å². The van der Waals surface area contributed by atoms with Crippen LogP contribution < -0.4 is 16.5 Å². The van der Waals surface area contributed by atoms with E-state index in [1.54, 1.807) is 12.1 Å². The lowest BCUT2D eigenvalue weighted by Crippen LogP contribution is -2.47. The van der Waals surface area contributed by atoms with Crippen LogP contribution in [0.5, 0.6) is 0 Å². The summed E-state index contributed by atoms with van der Waals surface area (Å²) in [6.07, 6.45) is 1.47. The molecule has 1 aliphatic rings. The first kappa shape index (κ1) is 17.0. The monoisotopic (exact) mass is 367 g/mol. The summed E-state index contributed by atoms with van der Waals surface area (Å²) in [6.45, 7) is 3.78. The molecule has 1 aromatic heterocycles. The number of nitrogens with two attached hydrogens (primary N) is 1. The Morgan fingerprint density at radius 2 is 1.75 bits per heavy atom. The summed E-state index contributed by atoms with van der Waals surface area (Å²) >= 11 is 12.0. The van der Waals surface area contributed by atoms with Crippen molar-refractivity contribution in [2.24, 2.45) is 0 Å². The third-order valence-corrected chi connectivity index (χ3v) is 4.57. The van der Waals surface area contributed by atoms with Gasteiger partial charge in [0.15, 0.2) is 11.6 Å². The first-order valence-electron chi connectivity index (χ1n) is 7.55. The van der Waals surface area contributed by atoms with Gasteiger partial charge in [-0.15, -0.1) is 0 Å². The average Bonchev–Trinajstić information content (AvgIpc) is 2.57. The minimum Gasteiger partial charge on any atom is -0.393 e. The van der Waals surface area contributed by atoms with Gasteiger partial charge in [0.1, 0.15) is 12.0 Å². The number of hydrogen-bond donors (Lipinski definition) is 3. The molecule has 0 atom stereocenters. The van der Waals surface area contributed by atoms with E-state index in [9.17, 15) is 0 Å². The number of likely N-dealkylation sites (N-methyl/N-ethyl adjacent to an activating group) is 1. The fourth-order valence-electron chi connectivity index (χ4n) is 2.36. The number of nitrogen functional groups attached to an aromatic ring is 1. The molecule has 4 N–H and O–H groups in total. The Kier molecular flexibility index (Phi) is 5.25. The zero-order valence-electron chi connectivity index (χ0n) is 13.3. The highest BCUT2D eigenvalue weighted by Crippen LogP contribution is 2.30. The third-order valence-electron chi connectivity index (χ3n) is 3.83. The van der Waals surface area contributed by atoms with Crippen LogP contribution >= 0.6 is 23.2 Å². The minimum atomic E-state index is 0.447. The van der Waals surface area contributed by atoms with E-state index in [2.05, 4.69) is 37.7 Å². The van der Waals surface area contributed by atoms with Crippen LogP contribution in [0.15, 0.2) is 24.5 Å². The fourth-order valence-corrected chi connectivity index (χ4v) is 2.66. The molecule has 0 amide bonds. The number of anilines is 4. The lowest BCUT2D eigenvalue weighted by atomic mass is 10.3. The lowest BCUT2D eigenvalue weighted by Gasteiger charge is -2.32. The number of nitrogens with zero attached hydrogens (tertiary/aromatic N) is 4. The predicted octanol–water partition coefficient (Wildman–Crippen LogP) is 2.68. The summed E-state index contributed by atoms with van der Waals surface area (Å²) in [5.41, 5.74) is 10.7. The number of benzene rings is 1. The van der Waals surface area contributed by atoms with Crippen molar-refractivity contribution in [1.29, 1.82) is 0 Å². The first-order valence-corrected chi connectivity index (χ1v) is 8.31. The molecule has 0 radical (unpaired) electrons. The Morgan fingerprint density at radius 1 is 1.04 bits per heavy atom. The molecule has 1 aromatic carbocycles. The maximum absolute atomic E-state index is 6.20. The molecule has 0 spiro atoms. The Hall–Kier alpha value is -1.80. The van der Waals surface area contributed by atoms with Crippen molar-refractivity contribution in [3.05, 3.63) is 34.6 Å². The van der Waals surface area contributed by atoms with Gasteiger partial charge in [-0.05, 0) is 25.2 Å². The normalized spacial score (nSPS) is 16.1. The standard InChI is InChI=1S/C15H19Cl2N7/c1-23-4-6-24(7-5-23)22-15-13(18)14(19-9-20-15)21-10-2-3-11(16)12(17)8-10/h2-3,8-9H,4-7,18H2,1H3,(H2,19,20,21,22). The van der Waals surface area contributed by atoms with E-state index in [0.29, 0.717) is 27.4 Å². The second kappa shape index (κ2) is 7.40. The number of nitrogens with one attached hydrogen (secondary N) is 2. The molecule has 1 fully saturated rings. The van der Waals surface area contributed by atoms with Crippen molar-refractivity contribution >= 4 is 46.2 Å². The summed E-state index contributed by atoms with van der Waals surface area (Å²) in [7, 11) is 2.11. The number of halogens is 2. The van der Waals surface area contributed by atoms with E-state index < -0.39 is 0 Å². The topological polar surface area (TPSA) is 82.3 Å². The van der Waals surface area contributed by atoms with Gasteiger partial charge < -0.3 is 21.4 Å². The molecule has 1 saturated heterocycles. The van der Waals surface area contributed by atoms with Crippen LogP contribution in [-0.4, -0.2) is 53.1 Å². The molecule has 0 unspecified atom stereocenters. The minimum absolute atomic E-state index is 0.447. The second-order valence-corrected chi connectivity index (χ2v) is 6.45. The number of rotatable bonds is 4. The molecule has 7 nitrogen and oxygen atoms in total. The van der Waals surface area contributed by atoms with Gasteiger partial charge in [-0.1, -0.05) is 23.2 Å². The van der Waals surface area contributed by atoms with Gasteiger partial charge in [0.25, 0.3) is 0 Å². The Balaban J connectivity index is 1.74. The molecule has 2 aromatic rings. The number of aromatic nitrogens is 2. The molecule has 24 heavy (non-hydrogen) atoms. The van der Waals surface area contributed by atoms with E-state index in [4.69, 9.17) is 28.9 Å². The van der Waals surface area contributed by atoms with Crippen molar-refractivity contribution in [1.82, 2.24) is 19.9 Å². The molecule has 0 aliphatic carbocycles. The molecule has 128 valence electrons. The molecule has 9 heteroatoms. The molecule has 0 saturated carbocycles. The fraction of sp³-hybridized carbons (Fsp3) is 0.333. The van der Waals surface area contributed by atoms with Crippen molar-refractivity contribution in [3.63, 3.8) is 0 Å². The van der Waals surface area contributed by atoms with Gasteiger partial charge >= 0.3 is 0 Å². The molecule has 3 rings (SSSR count). The number of hydrazine groups is 1. The summed E-state index contributed by atoms with van der Waals surface area (Å²) < 4.78 is 0. The van der Waals surface area contributed by atoms with E-state index in [1.165, 1.54) is 6.33 Å². The second-order valence-electron chi connectivity index (χ2n) is 5.64. The van der Waals surface area contributed by atoms with Crippen LogP contribution in [0.4, 0.5) is 23.0 Å². The summed E-state index contributed by atoms with van der Waals surface area (Å²) in [5.74, 6) is 1.09. The number of hydrogen-bond acceptors (Lipinski definition) is 7. The largest absolute Gasteiger partial charge is 0.393 e.